The maximum atomic E-state index is 13.0. The van der Waals surface area contributed by atoms with E-state index in [9.17, 15) is 13.2 Å². The quantitative estimate of drug-likeness (QED) is 0.603. The number of morpholine rings is 1. The predicted molar refractivity (Wildman–Crippen MR) is 131 cm³/mol. The number of carbonyl (C=O) groups excluding carboxylic acids is 1. The highest BCUT2D eigenvalue weighted by Gasteiger charge is 2.28. The number of hydrogen-bond acceptors (Lipinski definition) is 6. The molecule has 0 saturated carbocycles. The first-order chi connectivity index (χ1) is 16.5. The summed E-state index contributed by atoms with van der Waals surface area (Å²) in [5.41, 5.74) is 1.53. The molecule has 8 nitrogen and oxygen atoms in total. The van der Waals surface area contributed by atoms with Crippen LogP contribution < -0.4 is 10.2 Å². The summed E-state index contributed by atoms with van der Waals surface area (Å²) < 4.78 is 32.7. The van der Waals surface area contributed by atoms with Crippen molar-refractivity contribution in [2.45, 2.75) is 17.7 Å². The van der Waals surface area contributed by atoms with Gasteiger partial charge in [0.2, 0.25) is 15.9 Å². The van der Waals surface area contributed by atoms with Crippen LogP contribution >= 0.6 is 0 Å². The second-order valence-electron chi connectivity index (χ2n) is 8.68. The lowest BCUT2D eigenvalue weighted by Crippen LogP contribution is -2.41. The number of carbonyl (C=O) groups is 1. The number of para-hydroxylation sites is 1. The second-order valence-corrected chi connectivity index (χ2v) is 10.6. The van der Waals surface area contributed by atoms with Crippen LogP contribution in [-0.2, 0) is 19.6 Å². The molecule has 0 spiro atoms. The minimum atomic E-state index is -3.56. The Bertz CT molecular complexity index is 1280. The molecule has 2 aromatic carbocycles. The summed E-state index contributed by atoms with van der Waals surface area (Å²) in [5, 5.41) is 3.78. The Labute approximate surface area is 199 Å². The molecule has 9 heteroatoms. The van der Waals surface area contributed by atoms with E-state index in [0.717, 1.165) is 41.8 Å². The number of fused-ring (bicyclic) bond motifs is 1. The summed E-state index contributed by atoms with van der Waals surface area (Å²) in [6.07, 6.45) is 1.74. The van der Waals surface area contributed by atoms with Crippen LogP contribution in [0.2, 0.25) is 0 Å². The topological polar surface area (TPSA) is 91.8 Å². The molecule has 0 aliphatic carbocycles. The Balaban J connectivity index is 1.32. The maximum Gasteiger partial charge on any atom is 0.243 e. The van der Waals surface area contributed by atoms with Crippen molar-refractivity contribution in [3.63, 3.8) is 0 Å². The number of amides is 1. The monoisotopic (exact) mass is 480 g/mol. The molecule has 0 radical (unpaired) electrons. The van der Waals surface area contributed by atoms with E-state index in [1.54, 1.807) is 18.2 Å². The summed E-state index contributed by atoms with van der Waals surface area (Å²) in [4.78, 5) is 20.0. The van der Waals surface area contributed by atoms with E-state index in [0.29, 0.717) is 32.8 Å². The fraction of sp³-hybridized carbons (Fsp3) is 0.360. The molecule has 2 saturated heterocycles. The number of rotatable bonds is 5. The lowest BCUT2D eigenvalue weighted by atomic mass is 9.97. The minimum absolute atomic E-state index is 0.0228. The highest BCUT2D eigenvalue weighted by Crippen LogP contribution is 2.27. The molecule has 2 fully saturated rings. The van der Waals surface area contributed by atoms with Crippen molar-refractivity contribution in [1.82, 2.24) is 9.29 Å². The van der Waals surface area contributed by atoms with Gasteiger partial charge in [0.25, 0.3) is 0 Å². The molecule has 3 heterocycles. The SMILES string of the molecule is O=C(Nc1ccccc1)[C@@H]1CCCN(c2ccc3cc(S(=O)(=O)N4CCOCC4)ccc3n2)C1. The highest BCUT2D eigenvalue weighted by molar-refractivity contribution is 7.89. The van der Waals surface area contributed by atoms with Gasteiger partial charge in [-0.05, 0) is 55.3 Å². The molecule has 178 valence electrons. The number of anilines is 2. The van der Waals surface area contributed by atoms with Crippen molar-refractivity contribution < 1.29 is 17.9 Å². The number of pyridine rings is 1. The Hall–Kier alpha value is -3.01. The Morgan fingerprint density at radius 2 is 1.79 bits per heavy atom. The second kappa shape index (κ2) is 9.69. The van der Waals surface area contributed by atoms with Crippen LogP contribution in [0.3, 0.4) is 0 Å². The molecule has 2 aliphatic heterocycles. The van der Waals surface area contributed by atoms with Crippen LogP contribution in [0.4, 0.5) is 11.5 Å². The van der Waals surface area contributed by atoms with Gasteiger partial charge in [0, 0.05) is 37.3 Å². The van der Waals surface area contributed by atoms with Crippen molar-refractivity contribution in [1.29, 1.82) is 0 Å². The van der Waals surface area contributed by atoms with E-state index >= 15 is 0 Å². The molecule has 0 bridgehead atoms. The highest BCUT2D eigenvalue weighted by atomic mass is 32.2. The third-order valence-electron chi connectivity index (χ3n) is 6.41. The molecule has 1 atom stereocenters. The fourth-order valence-electron chi connectivity index (χ4n) is 4.53. The summed E-state index contributed by atoms with van der Waals surface area (Å²) in [6.45, 7) is 2.99. The van der Waals surface area contributed by atoms with Gasteiger partial charge in [0.15, 0.2) is 0 Å². The van der Waals surface area contributed by atoms with Crippen LogP contribution in [0.5, 0.6) is 0 Å². The molecule has 3 aromatic rings. The number of aromatic nitrogens is 1. The smallest absolute Gasteiger partial charge is 0.243 e. The van der Waals surface area contributed by atoms with Crippen molar-refractivity contribution in [3.05, 3.63) is 60.7 Å². The van der Waals surface area contributed by atoms with Gasteiger partial charge >= 0.3 is 0 Å². The molecule has 1 aromatic heterocycles. The van der Waals surface area contributed by atoms with Gasteiger partial charge in [-0.3, -0.25) is 4.79 Å². The number of hydrogen-bond donors (Lipinski definition) is 1. The zero-order valence-electron chi connectivity index (χ0n) is 18.9. The normalized spacial score (nSPS) is 19.8. The number of ether oxygens (including phenoxy) is 1. The van der Waals surface area contributed by atoms with E-state index in [4.69, 9.17) is 9.72 Å². The molecule has 34 heavy (non-hydrogen) atoms. The zero-order chi connectivity index (χ0) is 23.5. The molecule has 0 unspecified atom stereocenters. The van der Waals surface area contributed by atoms with Gasteiger partial charge in [-0.2, -0.15) is 4.31 Å². The number of sulfonamides is 1. The fourth-order valence-corrected chi connectivity index (χ4v) is 5.97. The molecular weight excluding hydrogens is 452 g/mol. The first-order valence-corrected chi connectivity index (χ1v) is 13.0. The van der Waals surface area contributed by atoms with Gasteiger partial charge in [0.05, 0.1) is 29.5 Å². The van der Waals surface area contributed by atoms with Gasteiger partial charge in [-0.25, -0.2) is 13.4 Å². The summed E-state index contributed by atoms with van der Waals surface area (Å²) in [7, 11) is -3.56. The van der Waals surface area contributed by atoms with Gasteiger partial charge in [-0.15, -0.1) is 0 Å². The number of nitrogens with zero attached hydrogens (tertiary/aromatic N) is 3. The number of nitrogens with one attached hydrogen (secondary N) is 1. The Morgan fingerprint density at radius 3 is 2.59 bits per heavy atom. The van der Waals surface area contributed by atoms with Crippen LogP contribution in [0, 0.1) is 5.92 Å². The third kappa shape index (κ3) is 4.77. The van der Waals surface area contributed by atoms with Crippen LogP contribution in [0.15, 0.2) is 65.6 Å². The number of piperidine rings is 1. The van der Waals surface area contributed by atoms with Gasteiger partial charge in [-0.1, -0.05) is 18.2 Å². The number of benzene rings is 2. The maximum absolute atomic E-state index is 13.0. The average Bonchev–Trinajstić information content (AvgIpc) is 2.89. The predicted octanol–water partition coefficient (Wildman–Crippen LogP) is 3.11. The van der Waals surface area contributed by atoms with Crippen molar-refractivity contribution in [3.8, 4) is 0 Å². The van der Waals surface area contributed by atoms with Gasteiger partial charge < -0.3 is 15.0 Å². The van der Waals surface area contributed by atoms with Crippen LogP contribution in [0.1, 0.15) is 12.8 Å². The Morgan fingerprint density at radius 1 is 1.00 bits per heavy atom. The summed E-state index contributed by atoms with van der Waals surface area (Å²) in [5.74, 6) is 0.704. The average molecular weight is 481 g/mol. The zero-order valence-corrected chi connectivity index (χ0v) is 19.7. The molecule has 2 aliphatic rings. The van der Waals surface area contributed by atoms with Crippen LogP contribution in [-0.4, -0.2) is 63.0 Å². The first-order valence-electron chi connectivity index (χ1n) is 11.6. The lowest BCUT2D eigenvalue weighted by Gasteiger charge is -2.33. The first kappa shape index (κ1) is 22.8. The largest absolute Gasteiger partial charge is 0.379 e. The van der Waals surface area contributed by atoms with Crippen LogP contribution in [0.25, 0.3) is 10.9 Å². The lowest BCUT2D eigenvalue weighted by molar-refractivity contribution is -0.120. The van der Waals surface area contributed by atoms with Crippen molar-refractivity contribution in [2.75, 3.05) is 49.6 Å². The third-order valence-corrected chi connectivity index (χ3v) is 8.31. The van der Waals surface area contributed by atoms with E-state index in [2.05, 4.69) is 10.2 Å². The van der Waals surface area contributed by atoms with Gasteiger partial charge in [0.1, 0.15) is 5.82 Å². The molecular formula is C25H28N4O4S. The summed E-state index contributed by atoms with van der Waals surface area (Å²) in [6, 6.07) is 18.4. The molecule has 1 amide bonds. The minimum Gasteiger partial charge on any atom is -0.379 e. The standard InChI is InChI=1S/C25H28N4O4S/c30-25(26-21-6-2-1-3-7-21)20-5-4-12-28(18-20)24-11-8-19-17-22(9-10-23(19)27-24)34(31,32)29-13-15-33-16-14-29/h1-3,6-11,17,20H,4-5,12-16,18H2,(H,26,30)/t20-/m1/s1. The Kier molecular flexibility index (Phi) is 6.49. The van der Waals surface area contributed by atoms with E-state index < -0.39 is 10.0 Å². The molecule has 1 N–H and O–H groups in total. The molecule has 5 rings (SSSR count). The van der Waals surface area contributed by atoms with Crippen molar-refractivity contribution >= 4 is 38.3 Å². The van der Waals surface area contributed by atoms with E-state index in [-0.39, 0.29) is 16.7 Å². The van der Waals surface area contributed by atoms with E-state index in [1.165, 1.54) is 4.31 Å². The van der Waals surface area contributed by atoms with Crippen molar-refractivity contribution in [2.24, 2.45) is 5.92 Å². The van der Waals surface area contributed by atoms with E-state index in [1.807, 2.05) is 42.5 Å². The summed E-state index contributed by atoms with van der Waals surface area (Å²) >= 11 is 0.